The van der Waals surface area contributed by atoms with E-state index in [-0.39, 0.29) is 11.9 Å². The highest BCUT2D eigenvalue weighted by Gasteiger charge is 2.33. The third kappa shape index (κ3) is 2.35. The van der Waals surface area contributed by atoms with Crippen LogP contribution in [0.1, 0.15) is 18.3 Å². The first-order valence-corrected chi connectivity index (χ1v) is 7.55. The highest BCUT2D eigenvalue weighted by atomic mass is 35.5. The molecule has 21 heavy (non-hydrogen) atoms. The van der Waals surface area contributed by atoms with Crippen LogP contribution in [0.25, 0.3) is 11.0 Å². The highest BCUT2D eigenvalue weighted by molar-refractivity contribution is 6.17. The van der Waals surface area contributed by atoms with Gasteiger partial charge in [0.25, 0.3) is 0 Å². The number of imidazole rings is 1. The van der Waals surface area contributed by atoms with Crippen molar-refractivity contribution in [2.45, 2.75) is 18.9 Å². The van der Waals surface area contributed by atoms with Crippen LogP contribution in [0.4, 0.5) is 0 Å². The number of carbonyl (C=O) groups is 1. The van der Waals surface area contributed by atoms with Crippen molar-refractivity contribution in [2.24, 2.45) is 0 Å². The summed E-state index contributed by atoms with van der Waals surface area (Å²) in [5, 5.41) is 0. The van der Waals surface area contributed by atoms with E-state index >= 15 is 0 Å². The van der Waals surface area contributed by atoms with Gasteiger partial charge in [0.2, 0.25) is 5.91 Å². The van der Waals surface area contributed by atoms with E-state index in [1.807, 2.05) is 29.8 Å². The number of likely N-dealkylation sites (N-methyl/N-ethyl adjacent to an activating group) is 1. The topological polar surface area (TPSA) is 47.4 Å². The summed E-state index contributed by atoms with van der Waals surface area (Å²) >= 11 is 5.89. The van der Waals surface area contributed by atoms with Gasteiger partial charge in [0.05, 0.1) is 18.1 Å². The maximum absolute atomic E-state index is 12.3. The SMILES string of the molecule is COc1ccc2c(c1)nc(CCCl)n2C1CCN(C)C1=O. The Morgan fingerprint density at radius 3 is 2.90 bits per heavy atom. The fourth-order valence-electron chi connectivity index (χ4n) is 2.91. The van der Waals surface area contributed by atoms with E-state index < -0.39 is 0 Å². The van der Waals surface area contributed by atoms with Gasteiger partial charge in [-0.3, -0.25) is 4.79 Å². The summed E-state index contributed by atoms with van der Waals surface area (Å²) in [6, 6.07) is 5.58. The lowest BCUT2D eigenvalue weighted by atomic mass is 10.2. The minimum Gasteiger partial charge on any atom is -0.497 e. The van der Waals surface area contributed by atoms with E-state index in [0.29, 0.717) is 12.3 Å². The number of aromatic nitrogens is 2. The van der Waals surface area contributed by atoms with Crippen LogP contribution in [0.5, 0.6) is 5.75 Å². The van der Waals surface area contributed by atoms with Gasteiger partial charge in [-0.1, -0.05) is 0 Å². The fourth-order valence-corrected chi connectivity index (χ4v) is 3.08. The zero-order chi connectivity index (χ0) is 15.0. The normalized spacial score (nSPS) is 18.7. The molecule has 2 heterocycles. The van der Waals surface area contributed by atoms with E-state index in [4.69, 9.17) is 16.3 Å². The Balaban J connectivity index is 2.14. The second-order valence-corrected chi connectivity index (χ2v) is 5.63. The number of carbonyl (C=O) groups excluding carboxylic acids is 1. The molecule has 1 aliphatic rings. The van der Waals surface area contributed by atoms with Crippen molar-refractivity contribution in [3.8, 4) is 5.75 Å². The summed E-state index contributed by atoms with van der Waals surface area (Å²) < 4.78 is 7.29. The number of likely N-dealkylation sites (tertiary alicyclic amines) is 1. The molecule has 112 valence electrons. The first-order valence-electron chi connectivity index (χ1n) is 7.01. The molecule has 1 saturated heterocycles. The lowest BCUT2D eigenvalue weighted by Gasteiger charge is -2.15. The minimum absolute atomic E-state index is 0.140. The molecular formula is C15H18ClN3O2. The van der Waals surface area contributed by atoms with Gasteiger partial charge in [-0.05, 0) is 18.6 Å². The molecule has 5 nitrogen and oxygen atoms in total. The van der Waals surface area contributed by atoms with Crippen LogP contribution in [0.2, 0.25) is 0 Å². The molecule has 3 rings (SSSR count). The molecule has 2 aromatic rings. The summed E-state index contributed by atoms with van der Waals surface area (Å²) in [6.45, 7) is 0.777. The number of amides is 1. The van der Waals surface area contributed by atoms with Gasteiger partial charge in [-0.15, -0.1) is 11.6 Å². The summed E-state index contributed by atoms with van der Waals surface area (Å²) in [6.07, 6.45) is 1.45. The molecule has 1 aliphatic heterocycles. The van der Waals surface area contributed by atoms with Crippen molar-refractivity contribution in [3.63, 3.8) is 0 Å². The molecule has 6 heteroatoms. The molecule has 1 fully saturated rings. The number of benzene rings is 1. The number of hydrogen-bond acceptors (Lipinski definition) is 3. The largest absolute Gasteiger partial charge is 0.497 e. The van der Waals surface area contributed by atoms with Gasteiger partial charge >= 0.3 is 0 Å². The van der Waals surface area contributed by atoms with Crippen LogP contribution in [-0.2, 0) is 11.2 Å². The lowest BCUT2D eigenvalue weighted by molar-refractivity contribution is -0.129. The van der Waals surface area contributed by atoms with Gasteiger partial charge in [-0.25, -0.2) is 4.98 Å². The molecule has 0 saturated carbocycles. The fraction of sp³-hybridized carbons (Fsp3) is 0.467. The average Bonchev–Trinajstić information content (AvgIpc) is 2.99. The second-order valence-electron chi connectivity index (χ2n) is 5.26. The van der Waals surface area contributed by atoms with Crippen molar-refractivity contribution in [2.75, 3.05) is 26.6 Å². The van der Waals surface area contributed by atoms with E-state index in [2.05, 4.69) is 4.98 Å². The molecule has 1 unspecified atom stereocenters. The van der Waals surface area contributed by atoms with Crippen molar-refractivity contribution >= 4 is 28.5 Å². The van der Waals surface area contributed by atoms with Crippen molar-refractivity contribution in [1.82, 2.24) is 14.5 Å². The number of fused-ring (bicyclic) bond motifs is 1. The Hall–Kier alpha value is -1.75. The number of ether oxygens (including phenoxy) is 1. The average molecular weight is 308 g/mol. The molecule has 1 aromatic carbocycles. The van der Waals surface area contributed by atoms with Crippen LogP contribution in [0.15, 0.2) is 18.2 Å². The maximum Gasteiger partial charge on any atom is 0.245 e. The second kappa shape index (κ2) is 5.56. The van der Waals surface area contributed by atoms with Gasteiger partial charge in [-0.2, -0.15) is 0 Å². The van der Waals surface area contributed by atoms with E-state index in [1.165, 1.54) is 0 Å². The third-order valence-electron chi connectivity index (χ3n) is 4.00. The van der Waals surface area contributed by atoms with Crippen LogP contribution >= 0.6 is 11.6 Å². The molecule has 1 aromatic heterocycles. The molecule has 0 spiro atoms. The Bertz CT molecular complexity index is 683. The Morgan fingerprint density at radius 1 is 1.48 bits per heavy atom. The quantitative estimate of drug-likeness (QED) is 0.814. The summed E-state index contributed by atoms with van der Waals surface area (Å²) in [5.74, 6) is 2.25. The first kappa shape index (κ1) is 14.2. The lowest BCUT2D eigenvalue weighted by Crippen LogP contribution is -2.25. The smallest absolute Gasteiger partial charge is 0.245 e. The Morgan fingerprint density at radius 2 is 2.29 bits per heavy atom. The molecule has 0 N–H and O–H groups in total. The number of aryl methyl sites for hydroxylation is 1. The summed E-state index contributed by atoms with van der Waals surface area (Å²) in [4.78, 5) is 18.8. The standard InChI is InChI=1S/C15H18ClN3O2/c1-18-8-6-13(15(18)20)19-12-4-3-10(21-2)9-11(12)17-14(19)5-7-16/h3-4,9,13H,5-8H2,1-2H3. The highest BCUT2D eigenvalue weighted by Crippen LogP contribution is 2.30. The molecule has 0 radical (unpaired) electrons. The van der Waals surface area contributed by atoms with Gasteiger partial charge in [0, 0.05) is 32.0 Å². The predicted octanol–water partition coefficient (Wildman–Crippen LogP) is 2.23. The van der Waals surface area contributed by atoms with Crippen LogP contribution < -0.4 is 4.74 Å². The minimum atomic E-state index is -0.174. The zero-order valence-corrected chi connectivity index (χ0v) is 12.9. The van der Waals surface area contributed by atoms with Crippen molar-refractivity contribution in [1.29, 1.82) is 0 Å². The third-order valence-corrected chi connectivity index (χ3v) is 4.19. The van der Waals surface area contributed by atoms with E-state index in [1.54, 1.807) is 12.0 Å². The first-order chi connectivity index (χ1) is 10.2. The molecule has 1 atom stereocenters. The van der Waals surface area contributed by atoms with E-state index in [9.17, 15) is 4.79 Å². The summed E-state index contributed by atoms with van der Waals surface area (Å²) in [7, 11) is 3.47. The number of nitrogens with zero attached hydrogens (tertiary/aromatic N) is 3. The molecule has 0 aliphatic carbocycles. The molecule has 1 amide bonds. The zero-order valence-electron chi connectivity index (χ0n) is 12.2. The van der Waals surface area contributed by atoms with Crippen LogP contribution in [0.3, 0.4) is 0 Å². The number of methoxy groups -OCH3 is 1. The molecule has 0 bridgehead atoms. The van der Waals surface area contributed by atoms with Gasteiger partial charge in [0.15, 0.2) is 0 Å². The van der Waals surface area contributed by atoms with Gasteiger partial charge in [0.1, 0.15) is 17.6 Å². The van der Waals surface area contributed by atoms with Crippen molar-refractivity contribution in [3.05, 3.63) is 24.0 Å². The maximum atomic E-state index is 12.3. The Labute approximate surface area is 128 Å². The van der Waals surface area contributed by atoms with Crippen molar-refractivity contribution < 1.29 is 9.53 Å². The predicted molar refractivity (Wildman–Crippen MR) is 82.0 cm³/mol. The molecular weight excluding hydrogens is 290 g/mol. The van der Waals surface area contributed by atoms with Crippen LogP contribution in [-0.4, -0.2) is 46.9 Å². The summed E-state index contributed by atoms with van der Waals surface area (Å²) in [5.41, 5.74) is 1.81. The number of rotatable bonds is 4. The van der Waals surface area contributed by atoms with Gasteiger partial charge < -0.3 is 14.2 Å². The number of alkyl halides is 1. The number of halogens is 1. The Kier molecular flexibility index (Phi) is 3.76. The number of hydrogen-bond donors (Lipinski definition) is 0. The van der Waals surface area contributed by atoms with E-state index in [0.717, 1.165) is 35.6 Å². The monoisotopic (exact) mass is 307 g/mol. The van der Waals surface area contributed by atoms with Crippen LogP contribution in [0, 0.1) is 0 Å².